The second kappa shape index (κ2) is 3.71. The van der Waals surface area contributed by atoms with Crippen LogP contribution in [0.2, 0.25) is 0 Å². The fraction of sp³-hybridized carbons (Fsp3) is 0.750. The molecule has 0 spiro atoms. The highest BCUT2D eigenvalue weighted by atomic mass is 35.5. The molecule has 4 heteroatoms. The SMILES string of the molecule is ClCc1nc(C2CCCC2)ns1. The first kappa shape index (κ1) is 8.45. The Hall–Kier alpha value is -0.150. The average molecular weight is 203 g/mol. The first-order valence-corrected chi connectivity index (χ1v) is 5.59. The summed E-state index contributed by atoms with van der Waals surface area (Å²) >= 11 is 7.10. The van der Waals surface area contributed by atoms with Crippen LogP contribution in [0.25, 0.3) is 0 Å². The van der Waals surface area contributed by atoms with Crippen molar-refractivity contribution in [3.8, 4) is 0 Å². The summed E-state index contributed by atoms with van der Waals surface area (Å²) in [5, 5.41) is 0.957. The molecule has 1 aromatic rings. The minimum Gasteiger partial charge on any atom is -0.223 e. The zero-order valence-electron chi connectivity index (χ0n) is 6.79. The number of rotatable bonds is 2. The Kier molecular flexibility index (Phi) is 2.61. The molecule has 0 atom stereocenters. The highest BCUT2D eigenvalue weighted by Crippen LogP contribution is 2.32. The molecule has 0 N–H and O–H groups in total. The Morgan fingerprint density at radius 2 is 2.17 bits per heavy atom. The Morgan fingerprint density at radius 1 is 1.42 bits per heavy atom. The lowest BCUT2D eigenvalue weighted by Crippen LogP contribution is -1.94. The number of hydrogen-bond donors (Lipinski definition) is 0. The summed E-state index contributed by atoms with van der Waals surface area (Å²) in [5.74, 6) is 2.16. The Balaban J connectivity index is 2.11. The van der Waals surface area contributed by atoms with Gasteiger partial charge in [-0.3, -0.25) is 0 Å². The second-order valence-electron chi connectivity index (χ2n) is 3.16. The van der Waals surface area contributed by atoms with Crippen molar-refractivity contribution in [1.82, 2.24) is 9.36 Å². The number of nitrogens with zero attached hydrogens (tertiary/aromatic N) is 2. The predicted octanol–water partition coefficient (Wildman–Crippen LogP) is 2.93. The fourth-order valence-electron chi connectivity index (χ4n) is 1.67. The lowest BCUT2D eigenvalue weighted by Gasteiger charge is -2.00. The summed E-state index contributed by atoms with van der Waals surface area (Å²) in [7, 11) is 0. The van der Waals surface area contributed by atoms with Crippen molar-refractivity contribution in [2.75, 3.05) is 0 Å². The standard InChI is InChI=1S/C8H11ClN2S/c9-5-7-10-8(11-12-7)6-3-1-2-4-6/h6H,1-5H2. The molecule has 1 aliphatic carbocycles. The van der Waals surface area contributed by atoms with E-state index in [0.717, 1.165) is 10.8 Å². The van der Waals surface area contributed by atoms with Gasteiger partial charge >= 0.3 is 0 Å². The molecule has 1 heterocycles. The van der Waals surface area contributed by atoms with Gasteiger partial charge in [0.15, 0.2) is 0 Å². The maximum absolute atomic E-state index is 5.65. The molecular formula is C8H11ClN2S. The van der Waals surface area contributed by atoms with Crippen LogP contribution < -0.4 is 0 Å². The molecule has 0 unspecified atom stereocenters. The van der Waals surface area contributed by atoms with Crippen molar-refractivity contribution < 1.29 is 0 Å². The fourth-order valence-corrected chi connectivity index (χ4v) is 2.45. The highest BCUT2D eigenvalue weighted by Gasteiger charge is 2.20. The predicted molar refractivity (Wildman–Crippen MR) is 50.7 cm³/mol. The van der Waals surface area contributed by atoms with Crippen molar-refractivity contribution in [2.45, 2.75) is 37.5 Å². The minimum atomic E-state index is 0.504. The van der Waals surface area contributed by atoms with Crippen LogP contribution in [-0.4, -0.2) is 9.36 Å². The van der Waals surface area contributed by atoms with Crippen LogP contribution in [0.1, 0.15) is 42.4 Å². The second-order valence-corrected chi connectivity index (χ2v) is 4.26. The van der Waals surface area contributed by atoms with Crippen LogP contribution in [0.4, 0.5) is 0 Å². The van der Waals surface area contributed by atoms with E-state index in [1.807, 2.05) is 0 Å². The summed E-state index contributed by atoms with van der Waals surface area (Å²) in [6, 6.07) is 0. The molecule has 12 heavy (non-hydrogen) atoms. The highest BCUT2D eigenvalue weighted by molar-refractivity contribution is 7.05. The number of halogens is 1. The zero-order chi connectivity index (χ0) is 8.39. The van der Waals surface area contributed by atoms with Gasteiger partial charge in [-0.15, -0.1) is 11.6 Å². The van der Waals surface area contributed by atoms with Crippen LogP contribution in [0.3, 0.4) is 0 Å². The maximum atomic E-state index is 5.65. The summed E-state index contributed by atoms with van der Waals surface area (Å²) in [5.41, 5.74) is 0. The summed E-state index contributed by atoms with van der Waals surface area (Å²) < 4.78 is 4.32. The van der Waals surface area contributed by atoms with E-state index in [1.165, 1.54) is 37.2 Å². The molecule has 2 rings (SSSR count). The smallest absolute Gasteiger partial charge is 0.145 e. The largest absolute Gasteiger partial charge is 0.223 e. The molecule has 1 saturated carbocycles. The van der Waals surface area contributed by atoms with E-state index >= 15 is 0 Å². The average Bonchev–Trinajstić information content (AvgIpc) is 2.75. The molecule has 66 valence electrons. The summed E-state index contributed by atoms with van der Waals surface area (Å²) in [6.07, 6.45) is 5.19. The van der Waals surface area contributed by atoms with Crippen LogP contribution in [0.5, 0.6) is 0 Å². The molecule has 0 radical (unpaired) electrons. The monoisotopic (exact) mass is 202 g/mol. The molecule has 2 nitrogen and oxygen atoms in total. The molecular weight excluding hydrogens is 192 g/mol. The molecule has 0 amide bonds. The third-order valence-electron chi connectivity index (χ3n) is 2.32. The molecule has 1 fully saturated rings. The van der Waals surface area contributed by atoms with Gasteiger partial charge in [-0.1, -0.05) is 12.8 Å². The van der Waals surface area contributed by atoms with E-state index in [2.05, 4.69) is 9.36 Å². The van der Waals surface area contributed by atoms with Gasteiger partial charge in [0.1, 0.15) is 10.8 Å². The van der Waals surface area contributed by atoms with E-state index < -0.39 is 0 Å². The number of alkyl halides is 1. The minimum absolute atomic E-state index is 0.504. The lowest BCUT2D eigenvalue weighted by molar-refractivity contribution is 0.679. The van der Waals surface area contributed by atoms with E-state index in [9.17, 15) is 0 Å². The Bertz CT molecular complexity index is 255. The quantitative estimate of drug-likeness (QED) is 0.690. The van der Waals surface area contributed by atoms with Crippen LogP contribution in [-0.2, 0) is 5.88 Å². The zero-order valence-corrected chi connectivity index (χ0v) is 8.37. The van der Waals surface area contributed by atoms with Gasteiger partial charge in [0.2, 0.25) is 0 Å². The van der Waals surface area contributed by atoms with Gasteiger partial charge < -0.3 is 0 Å². The number of aromatic nitrogens is 2. The molecule has 0 aromatic carbocycles. The van der Waals surface area contributed by atoms with E-state index in [1.54, 1.807) is 0 Å². The van der Waals surface area contributed by atoms with Crippen LogP contribution >= 0.6 is 23.1 Å². The summed E-state index contributed by atoms with van der Waals surface area (Å²) in [4.78, 5) is 4.39. The van der Waals surface area contributed by atoms with Gasteiger partial charge in [0, 0.05) is 5.92 Å². The van der Waals surface area contributed by atoms with Crippen molar-refractivity contribution in [1.29, 1.82) is 0 Å². The van der Waals surface area contributed by atoms with Gasteiger partial charge in [0.25, 0.3) is 0 Å². The van der Waals surface area contributed by atoms with Crippen molar-refractivity contribution >= 4 is 23.1 Å². The number of hydrogen-bond acceptors (Lipinski definition) is 3. The van der Waals surface area contributed by atoms with Gasteiger partial charge in [-0.25, -0.2) is 4.98 Å². The summed E-state index contributed by atoms with van der Waals surface area (Å²) in [6.45, 7) is 0. The van der Waals surface area contributed by atoms with Crippen LogP contribution in [0.15, 0.2) is 0 Å². The van der Waals surface area contributed by atoms with Crippen molar-refractivity contribution in [3.63, 3.8) is 0 Å². The van der Waals surface area contributed by atoms with E-state index in [0.29, 0.717) is 11.8 Å². The van der Waals surface area contributed by atoms with Crippen LogP contribution in [0, 0.1) is 0 Å². The Morgan fingerprint density at radius 3 is 2.75 bits per heavy atom. The third-order valence-corrected chi connectivity index (χ3v) is 3.45. The van der Waals surface area contributed by atoms with Crippen molar-refractivity contribution in [3.05, 3.63) is 10.8 Å². The van der Waals surface area contributed by atoms with E-state index in [-0.39, 0.29) is 0 Å². The Labute approximate surface area is 81.1 Å². The molecule has 0 saturated heterocycles. The molecule has 1 aromatic heterocycles. The third kappa shape index (κ3) is 1.62. The maximum Gasteiger partial charge on any atom is 0.145 e. The first-order chi connectivity index (χ1) is 5.90. The normalized spacial score (nSPS) is 18.8. The van der Waals surface area contributed by atoms with Gasteiger partial charge in [-0.2, -0.15) is 4.37 Å². The lowest BCUT2D eigenvalue weighted by atomic mass is 10.1. The molecule has 0 bridgehead atoms. The molecule has 0 aliphatic heterocycles. The van der Waals surface area contributed by atoms with Gasteiger partial charge in [-0.05, 0) is 24.4 Å². The van der Waals surface area contributed by atoms with Crippen molar-refractivity contribution in [2.24, 2.45) is 0 Å². The topological polar surface area (TPSA) is 25.8 Å². The molecule has 1 aliphatic rings. The van der Waals surface area contributed by atoms with Gasteiger partial charge in [0.05, 0.1) is 5.88 Å². The van der Waals surface area contributed by atoms with E-state index in [4.69, 9.17) is 11.6 Å². The first-order valence-electron chi connectivity index (χ1n) is 4.28.